The molecule has 0 fully saturated rings. The standard InChI is InChI=1S/C20H38O6/c1-7-9-11-13-17(21)23-25-19(3,4)15-16-20(5,6)26-24-18(22)14-12-10-8-2/h7-16H2,1-6H3. The van der Waals surface area contributed by atoms with Crippen LogP contribution in [-0.2, 0) is 29.1 Å². The van der Waals surface area contributed by atoms with Gasteiger partial charge in [-0.3, -0.25) is 9.78 Å². The van der Waals surface area contributed by atoms with Gasteiger partial charge in [0.2, 0.25) is 0 Å². The van der Waals surface area contributed by atoms with Crippen LogP contribution in [0.1, 0.15) is 106 Å². The topological polar surface area (TPSA) is 71.1 Å². The van der Waals surface area contributed by atoms with Crippen molar-refractivity contribution in [2.75, 3.05) is 0 Å². The van der Waals surface area contributed by atoms with Crippen molar-refractivity contribution in [2.24, 2.45) is 0 Å². The van der Waals surface area contributed by atoms with Gasteiger partial charge in [0.25, 0.3) is 0 Å². The van der Waals surface area contributed by atoms with Crippen LogP contribution in [0, 0.1) is 0 Å². The van der Waals surface area contributed by atoms with Crippen LogP contribution in [0.25, 0.3) is 0 Å². The van der Waals surface area contributed by atoms with Gasteiger partial charge in [0, 0.05) is 12.8 Å². The molecule has 0 saturated carbocycles. The summed E-state index contributed by atoms with van der Waals surface area (Å²) >= 11 is 0. The molecule has 0 aliphatic rings. The first-order valence-corrected chi connectivity index (χ1v) is 9.89. The Morgan fingerprint density at radius 2 is 1.00 bits per heavy atom. The van der Waals surface area contributed by atoms with E-state index in [4.69, 9.17) is 19.6 Å². The van der Waals surface area contributed by atoms with E-state index in [2.05, 4.69) is 13.8 Å². The molecule has 0 heterocycles. The first kappa shape index (κ1) is 24.9. The third-order valence-electron chi connectivity index (χ3n) is 4.02. The summed E-state index contributed by atoms with van der Waals surface area (Å²) in [6, 6.07) is 0. The molecular weight excluding hydrogens is 336 g/mol. The Labute approximate surface area is 158 Å². The molecule has 6 heteroatoms. The lowest BCUT2D eigenvalue weighted by Gasteiger charge is -2.28. The number of unbranched alkanes of at least 4 members (excludes halogenated alkanes) is 4. The van der Waals surface area contributed by atoms with E-state index in [0.29, 0.717) is 25.7 Å². The van der Waals surface area contributed by atoms with Gasteiger partial charge in [-0.2, -0.15) is 9.78 Å². The van der Waals surface area contributed by atoms with Crippen molar-refractivity contribution in [3.63, 3.8) is 0 Å². The van der Waals surface area contributed by atoms with Crippen LogP contribution in [0.4, 0.5) is 0 Å². The molecule has 0 aromatic heterocycles. The van der Waals surface area contributed by atoms with Crippen LogP contribution in [0.2, 0.25) is 0 Å². The Morgan fingerprint density at radius 3 is 1.31 bits per heavy atom. The normalized spacial score (nSPS) is 12.1. The molecule has 0 saturated heterocycles. The minimum Gasteiger partial charge on any atom is -0.298 e. The number of hydrogen-bond acceptors (Lipinski definition) is 6. The first-order chi connectivity index (χ1) is 12.1. The Morgan fingerprint density at radius 1 is 0.654 bits per heavy atom. The summed E-state index contributed by atoms with van der Waals surface area (Å²) in [6.07, 6.45) is 7.62. The minimum absolute atomic E-state index is 0.344. The van der Waals surface area contributed by atoms with Crippen molar-refractivity contribution in [1.82, 2.24) is 0 Å². The lowest BCUT2D eigenvalue weighted by molar-refractivity contribution is -0.340. The minimum atomic E-state index is -0.647. The van der Waals surface area contributed by atoms with Crippen LogP contribution in [0.3, 0.4) is 0 Å². The highest BCUT2D eigenvalue weighted by Crippen LogP contribution is 2.25. The Balaban J connectivity index is 4.09. The average Bonchev–Trinajstić information content (AvgIpc) is 2.57. The fourth-order valence-electron chi connectivity index (χ4n) is 2.13. The van der Waals surface area contributed by atoms with Gasteiger partial charge in [0.1, 0.15) is 11.2 Å². The van der Waals surface area contributed by atoms with E-state index < -0.39 is 11.2 Å². The smallest absolute Gasteiger partial charge is 0.298 e. The summed E-state index contributed by atoms with van der Waals surface area (Å²) in [6.45, 7) is 11.5. The van der Waals surface area contributed by atoms with Crippen molar-refractivity contribution in [1.29, 1.82) is 0 Å². The largest absolute Gasteiger partial charge is 0.342 e. The van der Waals surface area contributed by atoms with E-state index in [1.165, 1.54) is 0 Å². The average molecular weight is 375 g/mol. The van der Waals surface area contributed by atoms with Crippen molar-refractivity contribution in [2.45, 2.75) is 117 Å². The van der Waals surface area contributed by atoms with Gasteiger partial charge in [-0.05, 0) is 53.4 Å². The van der Waals surface area contributed by atoms with Gasteiger partial charge >= 0.3 is 11.9 Å². The van der Waals surface area contributed by atoms with Crippen LogP contribution >= 0.6 is 0 Å². The third-order valence-corrected chi connectivity index (χ3v) is 4.02. The van der Waals surface area contributed by atoms with E-state index in [1.807, 2.05) is 27.7 Å². The van der Waals surface area contributed by atoms with Crippen LogP contribution in [0.5, 0.6) is 0 Å². The monoisotopic (exact) mass is 374 g/mol. The molecule has 0 N–H and O–H groups in total. The van der Waals surface area contributed by atoms with Gasteiger partial charge in [0.05, 0.1) is 0 Å². The summed E-state index contributed by atoms with van der Waals surface area (Å²) in [5.41, 5.74) is -1.29. The zero-order valence-corrected chi connectivity index (χ0v) is 17.5. The maximum atomic E-state index is 11.6. The Bertz CT molecular complexity index is 365. The second kappa shape index (κ2) is 13.1. The van der Waals surface area contributed by atoms with E-state index in [0.717, 1.165) is 38.5 Å². The first-order valence-electron chi connectivity index (χ1n) is 9.89. The quantitative estimate of drug-likeness (QED) is 0.216. The van der Waals surface area contributed by atoms with Gasteiger partial charge in [-0.25, -0.2) is 9.59 Å². The molecule has 0 atom stereocenters. The predicted molar refractivity (Wildman–Crippen MR) is 100 cm³/mol. The van der Waals surface area contributed by atoms with Crippen molar-refractivity contribution in [3.8, 4) is 0 Å². The van der Waals surface area contributed by atoms with Crippen LogP contribution < -0.4 is 0 Å². The van der Waals surface area contributed by atoms with E-state index in [9.17, 15) is 9.59 Å². The Kier molecular flexibility index (Phi) is 12.5. The van der Waals surface area contributed by atoms with Gasteiger partial charge in [-0.15, -0.1) is 0 Å². The summed E-state index contributed by atoms with van der Waals surface area (Å²) in [7, 11) is 0. The van der Waals surface area contributed by atoms with Crippen molar-refractivity contribution >= 4 is 11.9 Å². The van der Waals surface area contributed by atoms with E-state index >= 15 is 0 Å². The second-order valence-electron chi connectivity index (χ2n) is 8.01. The molecular formula is C20H38O6. The molecule has 0 spiro atoms. The van der Waals surface area contributed by atoms with Gasteiger partial charge < -0.3 is 0 Å². The van der Waals surface area contributed by atoms with E-state index in [1.54, 1.807) is 0 Å². The highest BCUT2D eigenvalue weighted by Gasteiger charge is 2.29. The lowest BCUT2D eigenvalue weighted by atomic mass is 9.94. The summed E-state index contributed by atoms with van der Waals surface area (Å²) in [5, 5.41) is 0. The number of rotatable bonds is 15. The molecule has 0 aliphatic carbocycles. The molecule has 0 radical (unpaired) electrons. The van der Waals surface area contributed by atoms with Gasteiger partial charge in [-0.1, -0.05) is 39.5 Å². The molecule has 0 amide bonds. The number of hydrogen-bond donors (Lipinski definition) is 0. The SMILES string of the molecule is CCCCCC(=O)OOC(C)(C)CCC(C)(C)OOC(=O)CCCCC. The predicted octanol–water partition coefficient (Wildman–Crippen LogP) is 5.43. The molecule has 0 aromatic carbocycles. The zero-order chi connectivity index (χ0) is 20.1. The number of carbonyl (C=O) groups excluding carboxylic acids is 2. The summed E-state index contributed by atoms with van der Waals surface area (Å²) in [4.78, 5) is 43.6. The molecule has 0 rings (SSSR count). The highest BCUT2D eigenvalue weighted by molar-refractivity contribution is 5.68. The molecule has 154 valence electrons. The van der Waals surface area contributed by atoms with E-state index in [-0.39, 0.29) is 11.9 Å². The fourth-order valence-corrected chi connectivity index (χ4v) is 2.13. The fraction of sp³-hybridized carbons (Fsp3) is 0.900. The maximum Gasteiger partial charge on any atom is 0.342 e. The molecule has 0 unspecified atom stereocenters. The molecule has 0 bridgehead atoms. The van der Waals surface area contributed by atoms with Crippen LogP contribution in [-0.4, -0.2) is 23.1 Å². The lowest BCUT2D eigenvalue weighted by Crippen LogP contribution is -2.32. The maximum absolute atomic E-state index is 11.6. The zero-order valence-electron chi connectivity index (χ0n) is 17.5. The van der Waals surface area contributed by atoms with Gasteiger partial charge in [0.15, 0.2) is 0 Å². The third kappa shape index (κ3) is 14.1. The van der Waals surface area contributed by atoms with Crippen LogP contribution in [0.15, 0.2) is 0 Å². The Hall–Kier alpha value is -1.14. The van der Waals surface area contributed by atoms with Crippen molar-refractivity contribution < 1.29 is 29.1 Å². The summed E-state index contributed by atoms with van der Waals surface area (Å²) in [5.74, 6) is -0.689. The summed E-state index contributed by atoms with van der Waals surface area (Å²) < 4.78 is 0. The highest BCUT2D eigenvalue weighted by atomic mass is 17.2. The molecule has 26 heavy (non-hydrogen) atoms. The molecule has 0 aromatic rings. The molecule has 6 nitrogen and oxygen atoms in total. The van der Waals surface area contributed by atoms with Crippen molar-refractivity contribution in [3.05, 3.63) is 0 Å². The second-order valence-corrected chi connectivity index (χ2v) is 8.01. The molecule has 0 aliphatic heterocycles. The number of carbonyl (C=O) groups is 2.